The summed E-state index contributed by atoms with van der Waals surface area (Å²) >= 11 is 5.74. The molecule has 0 amide bonds. The van der Waals surface area contributed by atoms with Crippen molar-refractivity contribution in [3.63, 3.8) is 0 Å². The molecular weight excluding hydrogens is 216 g/mol. The molecule has 0 saturated heterocycles. The van der Waals surface area contributed by atoms with Crippen LogP contribution >= 0.6 is 11.6 Å². The van der Waals surface area contributed by atoms with Crippen molar-refractivity contribution in [3.8, 4) is 0 Å². The fourth-order valence-corrected chi connectivity index (χ4v) is 1.80. The van der Waals surface area contributed by atoms with Crippen LogP contribution in [0.2, 0.25) is 5.02 Å². The molecule has 0 bridgehead atoms. The van der Waals surface area contributed by atoms with Gasteiger partial charge in [0.1, 0.15) is 0 Å². The molecule has 0 aromatic heterocycles. The van der Waals surface area contributed by atoms with E-state index in [2.05, 4.69) is 0 Å². The Hall–Kier alpha value is -1.35. The molecule has 0 spiro atoms. The van der Waals surface area contributed by atoms with Gasteiger partial charge in [-0.05, 0) is 18.6 Å². The van der Waals surface area contributed by atoms with E-state index in [1.807, 2.05) is 0 Å². The molecule has 0 aliphatic heterocycles. The average Bonchev–Trinajstić information content (AvgIpc) is 2.96. The van der Waals surface area contributed by atoms with E-state index in [0.29, 0.717) is 17.0 Å². The Bertz CT molecular complexity index is 428. The summed E-state index contributed by atoms with van der Waals surface area (Å²) < 4.78 is 0. The minimum atomic E-state index is -0.893. The lowest BCUT2D eigenvalue weighted by Gasteiger charge is -1.99. The number of carbonyl (C=O) groups excluding carboxylic acids is 1. The van der Waals surface area contributed by atoms with E-state index in [4.69, 9.17) is 16.7 Å². The van der Waals surface area contributed by atoms with E-state index in [9.17, 15) is 9.59 Å². The maximum absolute atomic E-state index is 11.8. The minimum Gasteiger partial charge on any atom is -0.481 e. The van der Waals surface area contributed by atoms with Crippen molar-refractivity contribution in [3.05, 3.63) is 34.9 Å². The van der Waals surface area contributed by atoms with E-state index in [-0.39, 0.29) is 11.7 Å². The Morgan fingerprint density at radius 2 is 2.07 bits per heavy atom. The Morgan fingerprint density at radius 3 is 2.60 bits per heavy atom. The number of ketones is 1. The van der Waals surface area contributed by atoms with Crippen LogP contribution < -0.4 is 0 Å². The van der Waals surface area contributed by atoms with Crippen LogP contribution in [0.5, 0.6) is 0 Å². The molecule has 2 atom stereocenters. The summed E-state index contributed by atoms with van der Waals surface area (Å²) in [6.07, 6.45) is 0.445. The third-order valence-electron chi connectivity index (χ3n) is 2.55. The highest BCUT2D eigenvalue weighted by atomic mass is 35.5. The zero-order chi connectivity index (χ0) is 11.0. The molecule has 1 N–H and O–H groups in total. The van der Waals surface area contributed by atoms with E-state index in [0.717, 1.165) is 0 Å². The first-order valence-corrected chi connectivity index (χ1v) is 5.00. The van der Waals surface area contributed by atoms with Crippen LogP contribution in [0, 0.1) is 11.8 Å². The smallest absolute Gasteiger partial charge is 0.307 e. The Labute approximate surface area is 91.7 Å². The van der Waals surface area contributed by atoms with Gasteiger partial charge in [-0.15, -0.1) is 0 Å². The molecule has 1 saturated carbocycles. The van der Waals surface area contributed by atoms with Crippen molar-refractivity contribution in [2.45, 2.75) is 6.42 Å². The van der Waals surface area contributed by atoms with E-state index >= 15 is 0 Å². The van der Waals surface area contributed by atoms with Crippen LogP contribution in [0.15, 0.2) is 24.3 Å². The first kappa shape index (κ1) is 10.2. The van der Waals surface area contributed by atoms with E-state index in [1.54, 1.807) is 24.3 Å². The van der Waals surface area contributed by atoms with Crippen LogP contribution in [-0.2, 0) is 4.79 Å². The lowest BCUT2D eigenvalue weighted by atomic mass is 10.1. The molecule has 0 heterocycles. The monoisotopic (exact) mass is 224 g/mol. The lowest BCUT2D eigenvalue weighted by molar-refractivity contribution is -0.138. The second-order valence-electron chi connectivity index (χ2n) is 3.66. The number of carboxylic acids is 1. The molecule has 0 radical (unpaired) electrons. The second-order valence-corrected chi connectivity index (χ2v) is 4.10. The van der Waals surface area contributed by atoms with Crippen molar-refractivity contribution < 1.29 is 14.7 Å². The molecule has 1 aliphatic carbocycles. The number of carboxylic acid groups (broad SMARTS) is 1. The first-order valence-electron chi connectivity index (χ1n) is 4.62. The number of hydrogen-bond donors (Lipinski definition) is 1. The van der Waals surface area contributed by atoms with Gasteiger partial charge in [-0.3, -0.25) is 9.59 Å². The molecule has 2 rings (SSSR count). The van der Waals surface area contributed by atoms with Gasteiger partial charge in [0.15, 0.2) is 5.78 Å². The Morgan fingerprint density at radius 1 is 1.33 bits per heavy atom. The molecular formula is C11H9ClO3. The maximum atomic E-state index is 11.8. The second kappa shape index (κ2) is 3.66. The number of hydrogen-bond acceptors (Lipinski definition) is 2. The fourth-order valence-electron chi connectivity index (χ4n) is 1.61. The number of carbonyl (C=O) groups is 2. The predicted octanol–water partition coefficient (Wildman–Crippen LogP) is 2.24. The van der Waals surface area contributed by atoms with Gasteiger partial charge in [-0.25, -0.2) is 0 Å². The van der Waals surface area contributed by atoms with Crippen LogP contribution in [-0.4, -0.2) is 16.9 Å². The summed E-state index contributed by atoms with van der Waals surface area (Å²) in [4.78, 5) is 22.3. The number of Topliss-reactive ketones (excluding diaryl/α,β-unsaturated/α-hetero) is 1. The number of aliphatic carboxylic acids is 1. The zero-order valence-electron chi connectivity index (χ0n) is 7.81. The van der Waals surface area contributed by atoms with Crippen molar-refractivity contribution in [2.24, 2.45) is 11.8 Å². The Balaban J connectivity index is 2.13. The van der Waals surface area contributed by atoms with Crippen LogP contribution in [0.3, 0.4) is 0 Å². The summed E-state index contributed by atoms with van der Waals surface area (Å²) in [5.41, 5.74) is 0.497. The number of halogens is 1. The number of rotatable bonds is 3. The molecule has 4 heteroatoms. The van der Waals surface area contributed by atoms with Gasteiger partial charge in [0.2, 0.25) is 0 Å². The highest BCUT2D eigenvalue weighted by Crippen LogP contribution is 2.41. The van der Waals surface area contributed by atoms with Crippen molar-refractivity contribution in [2.75, 3.05) is 0 Å². The third-order valence-corrected chi connectivity index (χ3v) is 2.79. The van der Waals surface area contributed by atoms with Crippen molar-refractivity contribution in [1.29, 1.82) is 0 Å². The third kappa shape index (κ3) is 2.02. The predicted molar refractivity (Wildman–Crippen MR) is 55.0 cm³/mol. The molecule has 1 aromatic rings. The molecule has 1 aromatic carbocycles. The molecule has 1 aliphatic rings. The molecule has 15 heavy (non-hydrogen) atoms. The zero-order valence-corrected chi connectivity index (χ0v) is 8.57. The van der Waals surface area contributed by atoms with Gasteiger partial charge < -0.3 is 5.11 Å². The Kier molecular flexibility index (Phi) is 2.49. The summed E-state index contributed by atoms with van der Waals surface area (Å²) in [7, 11) is 0. The first-order chi connectivity index (χ1) is 7.09. The van der Waals surface area contributed by atoms with Crippen LogP contribution in [0.25, 0.3) is 0 Å². The van der Waals surface area contributed by atoms with Gasteiger partial charge in [0, 0.05) is 16.5 Å². The van der Waals surface area contributed by atoms with Crippen molar-refractivity contribution in [1.82, 2.24) is 0 Å². The largest absolute Gasteiger partial charge is 0.481 e. The quantitative estimate of drug-likeness (QED) is 0.802. The summed E-state index contributed by atoms with van der Waals surface area (Å²) in [6.45, 7) is 0. The molecule has 3 nitrogen and oxygen atoms in total. The van der Waals surface area contributed by atoms with Gasteiger partial charge in [-0.2, -0.15) is 0 Å². The van der Waals surface area contributed by atoms with Crippen LogP contribution in [0.1, 0.15) is 16.8 Å². The van der Waals surface area contributed by atoms with Gasteiger partial charge >= 0.3 is 5.97 Å². The standard InChI is InChI=1S/C11H9ClO3/c12-7-3-1-2-6(4-7)10(13)8-5-9(8)11(14)15/h1-4,8-9H,5H2,(H,14,15). The number of benzene rings is 1. The van der Waals surface area contributed by atoms with E-state index in [1.165, 1.54) is 0 Å². The fraction of sp³-hybridized carbons (Fsp3) is 0.273. The summed E-state index contributed by atoms with van der Waals surface area (Å²) in [5, 5.41) is 9.19. The normalized spacial score (nSPS) is 23.5. The molecule has 2 unspecified atom stereocenters. The van der Waals surface area contributed by atoms with Gasteiger partial charge in [0.05, 0.1) is 5.92 Å². The maximum Gasteiger partial charge on any atom is 0.307 e. The summed E-state index contributed by atoms with van der Waals surface area (Å²) in [6, 6.07) is 6.60. The summed E-state index contributed by atoms with van der Waals surface area (Å²) in [5.74, 6) is -1.88. The molecule has 78 valence electrons. The average molecular weight is 225 g/mol. The SMILES string of the molecule is O=C(O)C1CC1C(=O)c1cccc(Cl)c1. The lowest BCUT2D eigenvalue weighted by Crippen LogP contribution is -2.08. The van der Waals surface area contributed by atoms with Crippen molar-refractivity contribution >= 4 is 23.4 Å². The molecule has 1 fully saturated rings. The van der Waals surface area contributed by atoms with Gasteiger partial charge in [-0.1, -0.05) is 23.7 Å². The topological polar surface area (TPSA) is 54.4 Å². The van der Waals surface area contributed by atoms with Crippen LogP contribution in [0.4, 0.5) is 0 Å². The van der Waals surface area contributed by atoms with Gasteiger partial charge in [0.25, 0.3) is 0 Å². The van der Waals surface area contributed by atoms with E-state index < -0.39 is 11.9 Å². The minimum absolute atomic E-state index is 0.120. The highest BCUT2D eigenvalue weighted by Gasteiger charge is 2.48. The highest BCUT2D eigenvalue weighted by molar-refractivity contribution is 6.31.